The van der Waals surface area contributed by atoms with E-state index in [0.29, 0.717) is 17.3 Å². The standard InChI is InChI=1S/C19H19ClFNO4/c1-24-19(23)14-10-15(20)12(9-16(14)21)11-25-17-7-4-8-18(22-17)26-13-5-2-3-6-13/h4,7-10,13H,2-3,5-6,11H2,1H3. The normalized spacial score (nSPS) is 14.3. The molecule has 2 aromatic rings. The molecule has 1 aliphatic rings. The molecule has 1 heterocycles. The minimum absolute atomic E-state index is 0.0110. The van der Waals surface area contributed by atoms with Crippen LogP contribution in [0.5, 0.6) is 11.8 Å². The van der Waals surface area contributed by atoms with Crippen LogP contribution < -0.4 is 9.47 Å². The van der Waals surface area contributed by atoms with E-state index >= 15 is 0 Å². The number of hydrogen-bond acceptors (Lipinski definition) is 5. The van der Waals surface area contributed by atoms with Gasteiger partial charge >= 0.3 is 5.97 Å². The van der Waals surface area contributed by atoms with Crippen molar-refractivity contribution in [1.82, 2.24) is 4.98 Å². The summed E-state index contributed by atoms with van der Waals surface area (Å²) >= 11 is 6.11. The molecule has 7 heteroatoms. The summed E-state index contributed by atoms with van der Waals surface area (Å²) in [5, 5.41) is 0.213. The highest BCUT2D eigenvalue weighted by atomic mass is 35.5. The quantitative estimate of drug-likeness (QED) is 0.688. The van der Waals surface area contributed by atoms with Gasteiger partial charge in [-0.3, -0.25) is 0 Å². The molecule has 0 amide bonds. The highest BCUT2D eigenvalue weighted by Gasteiger charge is 2.18. The number of aromatic nitrogens is 1. The number of rotatable bonds is 6. The van der Waals surface area contributed by atoms with Gasteiger partial charge in [-0.05, 0) is 37.8 Å². The second-order valence-electron chi connectivity index (χ2n) is 6.04. The number of benzene rings is 1. The van der Waals surface area contributed by atoms with Crippen LogP contribution in [0.25, 0.3) is 0 Å². The molecule has 1 fully saturated rings. The lowest BCUT2D eigenvalue weighted by molar-refractivity contribution is 0.0595. The van der Waals surface area contributed by atoms with Gasteiger partial charge in [-0.1, -0.05) is 17.7 Å². The Morgan fingerprint density at radius 2 is 2.00 bits per heavy atom. The van der Waals surface area contributed by atoms with Crippen molar-refractivity contribution in [3.8, 4) is 11.8 Å². The van der Waals surface area contributed by atoms with Crippen LogP contribution in [0.15, 0.2) is 30.3 Å². The Labute approximate surface area is 156 Å². The lowest BCUT2D eigenvalue weighted by atomic mass is 10.1. The third-order valence-electron chi connectivity index (χ3n) is 4.20. The van der Waals surface area contributed by atoms with E-state index in [0.717, 1.165) is 18.9 Å². The molecule has 0 radical (unpaired) electrons. The number of carbonyl (C=O) groups excluding carboxylic acids is 1. The van der Waals surface area contributed by atoms with Gasteiger partial charge in [0.2, 0.25) is 11.8 Å². The first-order valence-corrected chi connectivity index (χ1v) is 8.77. The summed E-state index contributed by atoms with van der Waals surface area (Å²) in [4.78, 5) is 15.8. The minimum atomic E-state index is -0.782. The van der Waals surface area contributed by atoms with Crippen LogP contribution in [0.1, 0.15) is 41.6 Å². The zero-order valence-electron chi connectivity index (χ0n) is 14.3. The van der Waals surface area contributed by atoms with Gasteiger partial charge in [-0.15, -0.1) is 0 Å². The van der Waals surface area contributed by atoms with Crippen molar-refractivity contribution in [2.24, 2.45) is 0 Å². The predicted octanol–water partition coefficient (Wildman–Crippen LogP) is 4.56. The highest BCUT2D eigenvalue weighted by molar-refractivity contribution is 6.31. The first-order chi connectivity index (χ1) is 12.6. The number of esters is 1. The van der Waals surface area contributed by atoms with Crippen molar-refractivity contribution < 1.29 is 23.4 Å². The monoisotopic (exact) mass is 379 g/mol. The van der Waals surface area contributed by atoms with Crippen molar-refractivity contribution in [1.29, 1.82) is 0 Å². The summed E-state index contributed by atoms with van der Waals surface area (Å²) < 4.78 is 30.0. The average Bonchev–Trinajstić information content (AvgIpc) is 3.14. The van der Waals surface area contributed by atoms with Gasteiger partial charge in [-0.2, -0.15) is 4.98 Å². The van der Waals surface area contributed by atoms with Crippen LogP contribution in [0, 0.1) is 5.82 Å². The van der Waals surface area contributed by atoms with Crippen molar-refractivity contribution >= 4 is 17.6 Å². The van der Waals surface area contributed by atoms with E-state index in [1.54, 1.807) is 18.2 Å². The molecule has 1 aromatic heterocycles. The molecule has 26 heavy (non-hydrogen) atoms. The molecule has 3 rings (SSSR count). The van der Waals surface area contributed by atoms with Crippen molar-refractivity contribution in [3.05, 3.63) is 52.3 Å². The zero-order valence-corrected chi connectivity index (χ0v) is 15.1. The molecule has 1 saturated carbocycles. The molecular weight excluding hydrogens is 361 g/mol. The molecule has 0 atom stereocenters. The van der Waals surface area contributed by atoms with Crippen molar-refractivity contribution in [2.45, 2.75) is 38.4 Å². The Bertz CT molecular complexity index is 793. The van der Waals surface area contributed by atoms with Gasteiger partial charge < -0.3 is 14.2 Å². The van der Waals surface area contributed by atoms with E-state index in [4.69, 9.17) is 21.1 Å². The molecule has 0 saturated heterocycles. The van der Waals surface area contributed by atoms with Gasteiger partial charge in [-0.25, -0.2) is 9.18 Å². The maximum absolute atomic E-state index is 14.0. The molecule has 0 aliphatic heterocycles. The summed E-state index contributed by atoms with van der Waals surface area (Å²) in [7, 11) is 1.18. The lowest BCUT2D eigenvalue weighted by Crippen LogP contribution is -2.12. The molecule has 138 valence electrons. The largest absolute Gasteiger partial charge is 0.474 e. The van der Waals surface area contributed by atoms with E-state index in [9.17, 15) is 9.18 Å². The number of nitrogens with zero attached hydrogens (tertiary/aromatic N) is 1. The molecule has 1 aromatic carbocycles. The van der Waals surface area contributed by atoms with Crippen LogP contribution in [-0.2, 0) is 11.3 Å². The first kappa shape index (κ1) is 18.5. The molecule has 0 unspecified atom stereocenters. The van der Waals surface area contributed by atoms with Gasteiger partial charge in [0.25, 0.3) is 0 Å². The van der Waals surface area contributed by atoms with Gasteiger partial charge in [0.05, 0.1) is 12.7 Å². The Balaban J connectivity index is 1.67. The van der Waals surface area contributed by atoms with Crippen LogP contribution in [0.2, 0.25) is 5.02 Å². The number of pyridine rings is 1. The smallest absolute Gasteiger partial charge is 0.340 e. The third kappa shape index (κ3) is 4.43. The number of hydrogen-bond donors (Lipinski definition) is 0. The molecule has 0 bridgehead atoms. The molecule has 0 N–H and O–H groups in total. The fourth-order valence-corrected chi connectivity index (χ4v) is 3.05. The maximum Gasteiger partial charge on any atom is 0.340 e. The van der Waals surface area contributed by atoms with E-state index < -0.39 is 11.8 Å². The summed E-state index contributed by atoms with van der Waals surface area (Å²) in [5.74, 6) is -0.636. The van der Waals surface area contributed by atoms with E-state index in [2.05, 4.69) is 9.72 Å². The summed E-state index contributed by atoms with van der Waals surface area (Å²) in [5.41, 5.74) is 0.187. The van der Waals surface area contributed by atoms with Gasteiger partial charge in [0.1, 0.15) is 18.5 Å². The Hall–Kier alpha value is -2.34. The average molecular weight is 380 g/mol. The van der Waals surface area contributed by atoms with Crippen LogP contribution in [-0.4, -0.2) is 24.2 Å². The fourth-order valence-electron chi connectivity index (χ4n) is 2.84. The zero-order chi connectivity index (χ0) is 18.5. The third-order valence-corrected chi connectivity index (χ3v) is 4.56. The number of carbonyl (C=O) groups is 1. The Kier molecular flexibility index (Phi) is 5.93. The number of ether oxygens (including phenoxy) is 3. The molecule has 0 spiro atoms. The molecular formula is C19H19ClFNO4. The Morgan fingerprint density at radius 1 is 1.27 bits per heavy atom. The number of halogens is 2. The fraction of sp³-hybridized carbons (Fsp3) is 0.368. The van der Waals surface area contributed by atoms with Crippen molar-refractivity contribution in [2.75, 3.05) is 7.11 Å². The minimum Gasteiger partial charge on any atom is -0.474 e. The van der Waals surface area contributed by atoms with E-state index in [-0.39, 0.29) is 23.3 Å². The van der Waals surface area contributed by atoms with E-state index in [1.807, 2.05) is 0 Å². The summed E-state index contributed by atoms with van der Waals surface area (Å²) in [6.45, 7) is 0.0110. The highest BCUT2D eigenvalue weighted by Crippen LogP contribution is 2.26. The molecule has 5 nitrogen and oxygen atoms in total. The SMILES string of the molecule is COC(=O)c1cc(Cl)c(COc2cccc(OC3CCCC3)n2)cc1F. The molecule has 1 aliphatic carbocycles. The lowest BCUT2D eigenvalue weighted by Gasteiger charge is -2.13. The Morgan fingerprint density at radius 3 is 2.73 bits per heavy atom. The van der Waals surface area contributed by atoms with Gasteiger partial charge in [0.15, 0.2) is 0 Å². The van der Waals surface area contributed by atoms with Crippen LogP contribution in [0.3, 0.4) is 0 Å². The first-order valence-electron chi connectivity index (χ1n) is 8.39. The van der Waals surface area contributed by atoms with E-state index in [1.165, 1.54) is 26.0 Å². The van der Waals surface area contributed by atoms with Crippen molar-refractivity contribution in [3.63, 3.8) is 0 Å². The second kappa shape index (κ2) is 8.36. The van der Waals surface area contributed by atoms with Gasteiger partial charge in [0, 0.05) is 22.7 Å². The predicted molar refractivity (Wildman–Crippen MR) is 94.2 cm³/mol. The van der Waals surface area contributed by atoms with Crippen LogP contribution >= 0.6 is 11.6 Å². The second-order valence-corrected chi connectivity index (χ2v) is 6.45. The van der Waals surface area contributed by atoms with Crippen LogP contribution in [0.4, 0.5) is 4.39 Å². The summed E-state index contributed by atoms with van der Waals surface area (Å²) in [6, 6.07) is 7.65. The number of methoxy groups -OCH3 is 1. The summed E-state index contributed by atoms with van der Waals surface area (Å²) in [6.07, 6.45) is 4.62. The maximum atomic E-state index is 14.0. The topological polar surface area (TPSA) is 57.7 Å².